The molecule has 1 aromatic heterocycles. The second-order valence-corrected chi connectivity index (χ2v) is 6.63. The second-order valence-electron chi connectivity index (χ2n) is 6.63. The zero-order valence-corrected chi connectivity index (χ0v) is 12.3. The summed E-state index contributed by atoms with van der Waals surface area (Å²) in [5, 5.41) is 1.22. The summed E-state index contributed by atoms with van der Waals surface area (Å²) in [6.45, 7) is 7.64. The van der Waals surface area contributed by atoms with E-state index in [1.54, 1.807) is 0 Å². The fourth-order valence-corrected chi connectivity index (χ4v) is 3.08. The number of rotatable bonds is 2. The molecule has 1 saturated heterocycles. The summed E-state index contributed by atoms with van der Waals surface area (Å²) >= 11 is 0. The third kappa shape index (κ3) is 2.69. The number of nitrogens with two attached hydrogens (primary N) is 1. The molecule has 3 nitrogen and oxygen atoms in total. The average Bonchev–Trinajstić information content (AvgIpc) is 2.42. The van der Waals surface area contributed by atoms with Crippen molar-refractivity contribution >= 4 is 10.9 Å². The van der Waals surface area contributed by atoms with Crippen LogP contribution in [-0.4, -0.2) is 29.0 Å². The molecule has 0 saturated carbocycles. The average molecular weight is 269 g/mol. The summed E-state index contributed by atoms with van der Waals surface area (Å²) in [4.78, 5) is 7.04. The van der Waals surface area contributed by atoms with E-state index in [-0.39, 0.29) is 5.41 Å². The summed E-state index contributed by atoms with van der Waals surface area (Å²) in [6.07, 6.45) is 3.08. The Morgan fingerprint density at radius 3 is 2.95 bits per heavy atom. The van der Waals surface area contributed by atoms with Gasteiger partial charge in [0.15, 0.2) is 0 Å². The van der Waals surface area contributed by atoms with E-state index in [0.29, 0.717) is 6.04 Å². The van der Waals surface area contributed by atoms with Crippen LogP contribution in [0.3, 0.4) is 0 Å². The molecule has 2 aromatic rings. The summed E-state index contributed by atoms with van der Waals surface area (Å²) in [6, 6.07) is 10.8. The predicted molar refractivity (Wildman–Crippen MR) is 83.4 cm³/mol. The van der Waals surface area contributed by atoms with Crippen molar-refractivity contribution in [2.24, 2.45) is 11.1 Å². The van der Waals surface area contributed by atoms with Gasteiger partial charge in [0.25, 0.3) is 0 Å². The minimum absolute atomic E-state index is 0.197. The molecule has 106 valence electrons. The lowest BCUT2D eigenvalue weighted by molar-refractivity contribution is 0.0898. The zero-order chi connectivity index (χ0) is 14.2. The highest BCUT2D eigenvalue weighted by Gasteiger charge is 2.33. The van der Waals surface area contributed by atoms with Crippen LogP contribution in [0.5, 0.6) is 0 Å². The largest absolute Gasteiger partial charge is 0.327 e. The third-order valence-electron chi connectivity index (χ3n) is 4.44. The van der Waals surface area contributed by atoms with Crippen LogP contribution in [-0.2, 0) is 6.54 Å². The zero-order valence-electron chi connectivity index (χ0n) is 12.3. The molecule has 3 rings (SSSR count). The van der Waals surface area contributed by atoms with Gasteiger partial charge < -0.3 is 5.73 Å². The highest BCUT2D eigenvalue weighted by atomic mass is 15.1. The van der Waals surface area contributed by atoms with Crippen LogP contribution < -0.4 is 5.73 Å². The van der Waals surface area contributed by atoms with Crippen LogP contribution in [0.2, 0.25) is 0 Å². The summed E-state index contributed by atoms with van der Waals surface area (Å²) in [5.74, 6) is 0. The Morgan fingerprint density at radius 2 is 2.15 bits per heavy atom. The first-order valence-corrected chi connectivity index (χ1v) is 7.36. The maximum absolute atomic E-state index is 6.20. The van der Waals surface area contributed by atoms with Crippen LogP contribution in [0, 0.1) is 5.41 Å². The Morgan fingerprint density at radius 1 is 1.35 bits per heavy atom. The van der Waals surface area contributed by atoms with Gasteiger partial charge >= 0.3 is 0 Å². The number of nitrogens with zero attached hydrogens (tertiary/aromatic N) is 2. The van der Waals surface area contributed by atoms with Gasteiger partial charge in [-0.15, -0.1) is 0 Å². The van der Waals surface area contributed by atoms with Crippen molar-refractivity contribution in [3.63, 3.8) is 0 Å². The van der Waals surface area contributed by atoms with E-state index < -0.39 is 0 Å². The van der Waals surface area contributed by atoms with Gasteiger partial charge in [0.05, 0.1) is 5.52 Å². The molecule has 1 aliphatic rings. The van der Waals surface area contributed by atoms with E-state index in [2.05, 4.69) is 48.0 Å². The molecule has 0 bridgehead atoms. The van der Waals surface area contributed by atoms with Crippen LogP contribution in [0.4, 0.5) is 0 Å². The number of pyridine rings is 1. The van der Waals surface area contributed by atoms with Gasteiger partial charge in [-0.25, -0.2) is 0 Å². The van der Waals surface area contributed by atoms with Gasteiger partial charge in [0.1, 0.15) is 0 Å². The number of para-hydroxylation sites is 1. The molecule has 1 atom stereocenters. The first-order chi connectivity index (χ1) is 9.54. The van der Waals surface area contributed by atoms with Gasteiger partial charge in [0, 0.05) is 37.3 Å². The number of fused-ring (bicyclic) bond motifs is 1. The maximum atomic E-state index is 6.20. The summed E-state index contributed by atoms with van der Waals surface area (Å²) < 4.78 is 0. The number of hydrogen-bond acceptors (Lipinski definition) is 3. The first kappa shape index (κ1) is 13.5. The molecule has 0 spiro atoms. The highest BCUT2D eigenvalue weighted by molar-refractivity contribution is 5.78. The van der Waals surface area contributed by atoms with Crippen molar-refractivity contribution in [2.75, 3.05) is 13.1 Å². The maximum Gasteiger partial charge on any atom is 0.0702 e. The molecule has 0 radical (unpaired) electrons. The molecule has 1 unspecified atom stereocenters. The standard InChI is InChI=1S/C17H23N3/c1-17(2)12-20(8-7-16(17)18)11-13-9-14-5-3-4-6-15(14)19-10-13/h3-6,9-10,16H,7-8,11-12,18H2,1-2H3. The van der Waals surface area contributed by atoms with Gasteiger partial charge in [-0.2, -0.15) is 0 Å². The van der Waals surface area contributed by atoms with Crippen molar-refractivity contribution in [1.82, 2.24) is 9.88 Å². The Bertz CT molecular complexity index is 606. The van der Waals surface area contributed by atoms with Gasteiger partial charge in [-0.05, 0) is 29.5 Å². The van der Waals surface area contributed by atoms with Crippen molar-refractivity contribution in [2.45, 2.75) is 32.9 Å². The molecule has 0 amide bonds. The van der Waals surface area contributed by atoms with Crippen molar-refractivity contribution in [3.05, 3.63) is 42.1 Å². The van der Waals surface area contributed by atoms with Gasteiger partial charge in [-0.3, -0.25) is 9.88 Å². The second kappa shape index (κ2) is 5.15. The molecule has 2 N–H and O–H groups in total. The molecular formula is C17H23N3. The van der Waals surface area contributed by atoms with Gasteiger partial charge in [0.2, 0.25) is 0 Å². The smallest absolute Gasteiger partial charge is 0.0702 e. The molecular weight excluding hydrogens is 246 g/mol. The van der Waals surface area contributed by atoms with Gasteiger partial charge in [-0.1, -0.05) is 32.0 Å². The van der Waals surface area contributed by atoms with Crippen molar-refractivity contribution < 1.29 is 0 Å². The monoisotopic (exact) mass is 269 g/mol. The number of benzene rings is 1. The molecule has 1 fully saturated rings. The number of piperidine rings is 1. The van der Waals surface area contributed by atoms with E-state index in [1.165, 1.54) is 10.9 Å². The Balaban J connectivity index is 1.76. The van der Waals surface area contributed by atoms with E-state index in [9.17, 15) is 0 Å². The predicted octanol–water partition coefficient (Wildman–Crippen LogP) is 2.79. The van der Waals surface area contributed by atoms with Crippen LogP contribution in [0.15, 0.2) is 36.5 Å². The Hall–Kier alpha value is -1.45. The fraction of sp³-hybridized carbons (Fsp3) is 0.471. The van der Waals surface area contributed by atoms with Crippen LogP contribution >= 0.6 is 0 Å². The van der Waals surface area contributed by atoms with Crippen molar-refractivity contribution in [3.8, 4) is 0 Å². The highest BCUT2D eigenvalue weighted by Crippen LogP contribution is 2.28. The number of likely N-dealkylation sites (tertiary alicyclic amines) is 1. The summed E-state index contributed by atoms with van der Waals surface area (Å²) in [5.41, 5.74) is 8.75. The van der Waals surface area contributed by atoms with Crippen LogP contribution in [0.1, 0.15) is 25.8 Å². The number of hydrogen-bond donors (Lipinski definition) is 1. The third-order valence-corrected chi connectivity index (χ3v) is 4.44. The topological polar surface area (TPSA) is 42.2 Å². The fourth-order valence-electron chi connectivity index (χ4n) is 3.08. The Kier molecular flexibility index (Phi) is 3.48. The lowest BCUT2D eigenvalue weighted by atomic mass is 9.79. The number of aromatic nitrogens is 1. The lowest BCUT2D eigenvalue weighted by Gasteiger charge is -2.42. The minimum Gasteiger partial charge on any atom is -0.327 e. The molecule has 1 aliphatic heterocycles. The SMILES string of the molecule is CC1(C)CN(Cc2cnc3ccccc3c2)CCC1N. The summed E-state index contributed by atoms with van der Waals surface area (Å²) in [7, 11) is 0. The van der Waals surface area contributed by atoms with Crippen LogP contribution in [0.25, 0.3) is 10.9 Å². The molecule has 1 aromatic carbocycles. The van der Waals surface area contributed by atoms with E-state index in [4.69, 9.17) is 5.73 Å². The quantitative estimate of drug-likeness (QED) is 0.911. The van der Waals surface area contributed by atoms with E-state index in [1.807, 2.05) is 12.3 Å². The molecule has 0 aliphatic carbocycles. The normalized spacial score (nSPS) is 23.1. The molecule has 3 heteroatoms. The van der Waals surface area contributed by atoms with E-state index in [0.717, 1.165) is 31.6 Å². The molecule has 20 heavy (non-hydrogen) atoms. The minimum atomic E-state index is 0.197. The first-order valence-electron chi connectivity index (χ1n) is 7.36. The molecule has 2 heterocycles. The lowest BCUT2D eigenvalue weighted by Crippen LogP contribution is -2.52. The Labute approximate surface area is 120 Å². The van der Waals surface area contributed by atoms with Crippen molar-refractivity contribution in [1.29, 1.82) is 0 Å². The van der Waals surface area contributed by atoms with E-state index >= 15 is 0 Å².